The van der Waals surface area contributed by atoms with Crippen LogP contribution in [0.3, 0.4) is 0 Å². The second-order valence-electron chi connectivity index (χ2n) is 4.16. The first-order valence-electron chi connectivity index (χ1n) is 5.55. The summed E-state index contributed by atoms with van der Waals surface area (Å²) in [6, 6.07) is 0. The summed E-state index contributed by atoms with van der Waals surface area (Å²) < 4.78 is 5.67. The van der Waals surface area contributed by atoms with Crippen molar-refractivity contribution in [3.8, 4) is 0 Å². The molecule has 3 nitrogen and oxygen atoms in total. The van der Waals surface area contributed by atoms with Crippen LogP contribution in [0.4, 0.5) is 0 Å². The summed E-state index contributed by atoms with van der Waals surface area (Å²) in [4.78, 5) is 0. The molecule has 0 bridgehead atoms. The van der Waals surface area contributed by atoms with Gasteiger partial charge < -0.3 is 15.2 Å². The van der Waals surface area contributed by atoms with E-state index in [1.165, 1.54) is 0 Å². The molecule has 0 aliphatic heterocycles. The van der Waals surface area contributed by atoms with Gasteiger partial charge in [-0.25, -0.2) is 0 Å². The van der Waals surface area contributed by atoms with Gasteiger partial charge in [0.15, 0.2) is 0 Å². The SMILES string of the molecule is CCCC(C)OCC(C)(CO)NCC. The predicted octanol–water partition coefficient (Wildman–Crippen LogP) is 1.55. The van der Waals surface area contributed by atoms with Crippen LogP contribution in [0.5, 0.6) is 0 Å². The zero-order chi connectivity index (χ0) is 11.0. The molecule has 0 heterocycles. The Morgan fingerprint density at radius 3 is 2.50 bits per heavy atom. The maximum atomic E-state index is 9.22. The summed E-state index contributed by atoms with van der Waals surface area (Å²) in [7, 11) is 0. The Kier molecular flexibility index (Phi) is 7.15. The van der Waals surface area contributed by atoms with Gasteiger partial charge in [-0.1, -0.05) is 20.3 Å². The number of hydrogen-bond acceptors (Lipinski definition) is 3. The van der Waals surface area contributed by atoms with E-state index in [-0.39, 0.29) is 18.2 Å². The van der Waals surface area contributed by atoms with Gasteiger partial charge in [0.1, 0.15) is 0 Å². The summed E-state index contributed by atoms with van der Waals surface area (Å²) in [5.41, 5.74) is -0.295. The van der Waals surface area contributed by atoms with Crippen molar-refractivity contribution < 1.29 is 9.84 Å². The van der Waals surface area contributed by atoms with Crippen LogP contribution in [0.2, 0.25) is 0 Å². The fourth-order valence-corrected chi connectivity index (χ4v) is 1.40. The molecule has 0 aromatic carbocycles. The van der Waals surface area contributed by atoms with Gasteiger partial charge >= 0.3 is 0 Å². The van der Waals surface area contributed by atoms with Crippen LogP contribution in [0, 0.1) is 0 Å². The molecular formula is C11H25NO2. The molecular weight excluding hydrogens is 178 g/mol. The highest BCUT2D eigenvalue weighted by Crippen LogP contribution is 2.08. The van der Waals surface area contributed by atoms with Crippen molar-refractivity contribution in [3.63, 3.8) is 0 Å². The number of likely N-dealkylation sites (N-methyl/N-ethyl adjacent to an activating group) is 1. The van der Waals surface area contributed by atoms with E-state index in [0.29, 0.717) is 6.61 Å². The number of aliphatic hydroxyl groups excluding tert-OH is 1. The van der Waals surface area contributed by atoms with Gasteiger partial charge in [0.05, 0.1) is 24.9 Å². The Labute approximate surface area is 87.8 Å². The van der Waals surface area contributed by atoms with Gasteiger partial charge in [0.2, 0.25) is 0 Å². The molecule has 2 N–H and O–H groups in total. The van der Waals surface area contributed by atoms with Crippen molar-refractivity contribution in [3.05, 3.63) is 0 Å². The summed E-state index contributed by atoms with van der Waals surface area (Å²) in [6.45, 7) is 9.77. The zero-order valence-corrected chi connectivity index (χ0v) is 9.97. The average Bonchev–Trinajstić information content (AvgIpc) is 2.16. The van der Waals surface area contributed by atoms with Gasteiger partial charge in [-0.15, -0.1) is 0 Å². The molecule has 0 rings (SSSR count). The van der Waals surface area contributed by atoms with Crippen molar-refractivity contribution >= 4 is 0 Å². The molecule has 0 aromatic rings. The molecule has 0 aliphatic rings. The first-order chi connectivity index (χ1) is 6.58. The quantitative estimate of drug-likeness (QED) is 0.629. The third-order valence-electron chi connectivity index (χ3n) is 2.33. The molecule has 2 unspecified atom stereocenters. The molecule has 0 aromatic heterocycles. The van der Waals surface area contributed by atoms with Gasteiger partial charge in [-0.2, -0.15) is 0 Å². The van der Waals surface area contributed by atoms with E-state index in [4.69, 9.17) is 4.74 Å². The highest BCUT2D eigenvalue weighted by atomic mass is 16.5. The number of nitrogens with one attached hydrogen (secondary N) is 1. The largest absolute Gasteiger partial charge is 0.394 e. The van der Waals surface area contributed by atoms with Crippen LogP contribution in [0.25, 0.3) is 0 Å². The molecule has 0 aliphatic carbocycles. The minimum atomic E-state index is -0.295. The second kappa shape index (κ2) is 7.21. The fourth-order valence-electron chi connectivity index (χ4n) is 1.40. The molecule has 0 spiro atoms. The minimum Gasteiger partial charge on any atom is -0.394 e. The van der Waals surface area contributed by atoms with Gasteiger partial charge in [-0.3, -0.25) is 0 Å². The molecule has 0 amide bonds. The molecule has 14 heavy (non-hydrogen) atoms. The van der Waals surface area contributed by atoms with E-state index in [1.54, 1.807) is 0 Å². The summed E-state index contributed by atoms with van der Waals surface area (Å²) in [5.74, 6) is 0. The lowest BCUT2D eigenvalue weighted by Crippen LogP contribution is -2.50. The molecule has 86 valence electrons. The van der Waals surface area contributed by atoms with Gasteiger partial charge in [0.25, 0.3) is 0 Å². The lowest BCUT2D eigenvalue weighted by atomic mass is 10.1. The van der Waals surface area contributed by atoms with Crippen molar-refractivity contribution in [2.75, 3.05) is 19.8 Å². The average molecular weight is 203 g/mol. The van der Waals surface area contributed by atoms with E-state index >= 15 is 0 Å². The monoisotopic (exact) mass is 203 g/mol. The highest BCUT2D eigenvalue weighted by Gasteiger charge is 2.22. The summed E-state index contributed by atoms with van der Waals surface area (Å²) >= 11 is 0. The lowest BCUT2D eigenvalue weighted by Gasteiger charge is -2.29. The Morgan fingerprint density at radius 1 is 1.43 bits per heavy atom. The number of hydrogen-bond donors (Lipinski definition) is 2. The predicted molar refractivity (Wildman–Crippen MR) is 59.5 cm³/mol. The number of rotatable bonds is 8. The molecule has 0 radical (unpaired) electrons. The topological polar surface area (TPSA) is 41.5 Å². The molecule has 3 heteroatoms. The van der Waals surface area contributed by atoms with E-state index in [2.05, 4.69) is 19.2 Å². The van der Waals surface area contributed by atoms with E-state index in [1.807, 2.05) is 13.8 Å². The number of aliphatic hydroxyl groups is 1. The van der Waals surface area contributed by atoms with Crippen molar-refractivity contribution in [2.24, 2.45) is 0 Å². The van der Waals surface area contributed by atoms with Crippen molar-refractivity contribution in [2.45, 2.75) is 52.2 Å². The van der Waals surface area contributed by atoms with Gasteiger partial charge in [0, 0.05) is 0 Å². The van der Waals surface area contributed by atoms with E-state index in [9.17, 15) is 5.11 Å². The standard InChI is InChI=1S/C11H25NO2/c1-5-7-10(3)14-9-11(4,8-13)12-6-2/h10,12-13H,5-9H2,1-4H3. The zero-order valence-electron chi connectivity index (χ0n) is 9.97. The van der Waals surface area contributed by atoms with Crippen LogP contribution in [-0.4, -0.2) is 36.5 Å². The van der Waals surface area contributed by atoms with Crippen LogP contribution in [0.15, 0.2) is 0 Å². The third kappa shape index (κ3) is 5.58. The smallest absolute Gasteiger partial charge is 0.0671 e. The van der Waals surface area contributed by atoms with Crippen LogP contribution < -0.4 is 5.32 Å². The highest BCUT2D eigenvalue weighted by molar-refractivity contribution is 4.81. The lowest BCUT2D eigenvalue weighted by molar-refractivity contribution is 0.00141. The van der Waals surface area contributed by atoms with E-state index in [0.717, 1.165) is 19.4 Å². The molecule has 0 saturated heterocycles. The fraction of sp³-hybridized carbons (Fsp3) is 1.00. The van der Waals surface area contributed by atoms with Crippen LogP contribution >= 0.6 is 0 Å². The van der Waals surface area contributed by atoms with Crippen molar-refractivity contribution in [1.82, 2.24) is 5.32 Å². The maximum Gasteiger partial charge on any atom is 0.0671 e. The Morgan fingerprint density at radius 2 is 2.07 bits per heavy atom. The number of ether oxygens (including phenoxy) is 1. The first kappa shape index (κ1) is 13.9. The van der Waals surface area contributed by atoms with Crippen molar-refractivity contribution in [1.29, 1.82) is 0 Å². The Hall–Kier alpha value is -0.120. The Balaban J connectivity index is 3.81. The maximum absolute atomic E-state index is 9.22. The van der Waals surface area contributed by atoms with Crippen LogP contribution in [-0.2, 0) is 4.74 Å². The van der Waals surface area contributed by atoms with E-state index < -0.39 is 0 Å². The van der Waals surface area contributed by atoms with Crippen LogP contribution in [0.1, 0.15) is 40.5 Å². The summed E-state index contributed by atoms with van der Waals surface area (Å²) in [5, 5.41) is 12.4. The van der Waals surface area contributed by atoms with Gasteiger partial charge in [-0.05, 0) is 26.8 Å². The third-order valence-corrected chi connectivity index (χ3v) is 2.33. The summed E-state index contributed by atoms with van der Waals surface area (Å²) in [6.07, 6.45) is 2.50. The molecule has 0 fully saturated rings. The molecule has 2 atom stereocenters. The first-order valence-corrected chi connectivity index (χ1v) is 5.55. The minimum absolute atomic E-state index is 0.111. The second-order valence-corrected chi connectivity index (χ2v) is 4.16. The molecule has 0 saturated carbocycles. The normalized spacial score (nSPS) is 17.8. The Bertz CT molecular complexity index is 141.